The molecular weight excluding hydrogens is 388 g/mol. The molecule has 28 heavy (non-hydrogen) atoms. The van der Waals surface area contributed by atoms with Crippen molar-refractivity contribution < 1.29 is 36.0 Å². The van der Waals surface area contributed by atoms with Gasteiger partial charge in [0.05, 0.1) is 11.3 Å². The molecule has 0 saturated heterocycles. The molecule has 0 amide bonds. The lowest BCUT2D eigenvalue weighted by atomic mass is 9.90. The molecule has 9 heteroatoms. The highest BCUT2D eigenvalue weighted by Gasteiger charge is 2.59. The maximum Gasteiger partial charge on any atom is 0.428 e. The zero-order chi connectivity index (χ0) is 20.7. The Kier molecular flexibility index (Phi) is 4.74. The van der Waals surface area contributed by atoms with E-state index >= 15 is 0 Å². The van der Waals surface area contributed by atoms with Gasteiger partial charge in [-0.3, -0.25) is 15.1 Å². The van der Waals surface area contributed by atoms with Gasteiger partial charge >= 0.3 is 12.4 Å². The van der Waals surface area contributed by atoms with Gasteiger partial charge in [0.25, 0.3) is 0 Å². The van der Waals surface area contributed by atoms with Gasteiger partial charge < -0.3 is 0 Å². The second-order valence-electron chi connectivity index (χ2n) is 6.26. The van der Waals surface area contributed by atoms with Crippen LogP contribution in [0.4, 0.5) is 26.3 Å². The van der Waals surface area contributed by atoms with Crippen LogP contribution >= 0.6 is 0 Å². The molecule has 1 atom stereocenters. The number of aryl methyl sites for hydroxylation is 1. The number of carbonyl (C=O) groups excluding carboxylic acids is 1. The van der Waals surface area contributed by atoms with E-state index in [9.17, 15) is 31.1 Å². The van der Waals surface area contributed by atoms with Crippen LogP contribution in [0.5, 0.6) is 0 Å². The molecule has 0 fully saturated rings. The maximum absolute atomic E-state index is 13.9. The number of aldehydes is 1. The van der Waals surface area contributed by atoms with Crippen molar-refractivity contribution in [3.05, 3.63) is 76.4 Å². The summed E-state index contributed by atoms with van der Waals surface area (Å²) in [5.41, 5.74) is -1.75. The summed E-state index contributed by atoms with van der Waals surface area (Å²) in [5.74, 6) is 0. The quantitative estimate of drug-likeness (QED) is 0.570. The van der Waals surface area contributed by atoms with Gasteiger partial charge in [-0.05, 0) is 42.3 Å². The van der Waals surface area contributed by atoms with Crippen molar-refractivity contribution in [1.29, 1.82) is 0 Å². The van der Waals surface area contributed by atoms with Crippen molar-refractivity contribution in [3.8, 4) is 0 Å². The molecule has 148 valence electrons. The Morgan fingerprint density at radius 1 is 1.04 bits per heavy atom. The normalized spacial score (nSPS) is 19.9. The van der Waals surface area contributed by atoms with Gasteiger partial charge in [-0.1, -0.05) is 24.3 Å². The van der Waals surface area contributed by atoms with E-state index in [1.165, 1.54) is 18.2 Å². The van der Waals surface area contributed by atoms with E-state index in [0.29, 0.717) is 41.2 Å². The molecule has 1 aliphatic rings. The van der Waals surface area contributed by atoms with E-state index in [2.05, 4.69) is 5.48 Å². The molecule has 1 aliphatic heterocycles. The van der Waals surface area contributed by atoms with Gasteiger partial charge in [0.1, 0.15) is 6.29 Å². The molecule has 1 heterocycles. The Balaban J connectivity index is 2.12. The number of benzene rings is 2. The SMILES string of the molecule is Cc1cc(C2=CC(c3cccc(C(F)(F)F)c3)(C(F)(F)F)ON2)ccc1C=O. The molecule has 0 spiro atoms. The highest BCUT2D eigenvalue weighted by atomic mass is 19.4. The van der Waals surface area contributed by atoms with Crippen LogP contribution in [-0.4, -0.2) is 12.5 Å². The summed E-state index contributed by atoms with van der Waals surface area (Å²) in [6.07, 6.45) is -8.54. The largest absolute Gasteiger partial charge is 0.428 e. The Labute approximate surface area is 155 Å². The highest BCUT2D eigenvalue weighted by molar-refractivity contribution is 5.79. The highest BCUT2D eigenvalue weighted by Crippen LogP contribution is 2.48. The molecule has 0 aromatic heterocycles. The first kappa shape index (κ1) is 19.9. The van der Waals surface area contributed by atoms with Crippen LogP contribution in [0, 0.1) is 6.92 Å². The average Bonchev–Trinajstić information content (AvgIpc) is 3.08. The van der Waals surface area contributed by atoms with Gasteiger partial charge in [0, 0.05) is 11.1 Å². The first-order valence-electron chi connectivity index (χ1n) is 7.95. The summed E-state index contributed by atoms with van der Waals surface area (Å²) < 4.78 is 80.5. The Bertz CT molecular complexity index is 948. The summed E-state index contributed by atoms with van der Waals surface area (Å²) in [7, 11) is 0. The first-order chi connectivity index (χ1) is 13.0. The molecule has 0 bridgehead atoms. The topological polar surface area (TPSA) is 38.3 Å². The van der Waals surface area contributed by atoms with Crippen LogP contribution < -0.4 is 5.48 Å². The van der Waals surface area contributed by atoms with Crippen molar-refractivity contribution in [2.45, 2.75) is 24.9 Å². The Hall–Kier alpha value is -2.81. The van der Waals surface area contributed by atoms with E-state index in [-0.39, 0.29) is 5.70 Å². The van der Waals surface area contributed by atoms with Crippen LogP contribution in [0.3, 0.4) is 0 Å². The zero-order valence-electron chi connectivity index (χ0n) is 14.3. The molecule has 1 N–H and O–H groups in total. The van der Waals surface area contributed by atoms with Gasteiger partial charge in [-0.15, -0.1) is 0 Å². The summed E-state index contributed by atoms with van der Waals surface area (Å²) in [4.78, 5) is 15.7. The molecule has 0 aliphatic carbocycles. The molecule has 0 radical (unpaired) electrons. The number of alkyl halides is 6. The molecule has 3 nitrogen and oxygen atoms in total. The van der Waals surface area contributed by atoms with Crippen LogP contribution in [0.15, 0.2) is 48.5 Å². The number of nitrogens with one attached hydrogen (secondary N) is 1. The zero-order valence-corrected chi connectivity index (χ0v) is 14.3. The second-order valence-corrected chi connectivity index (χ2v) is 6.26. The minimum absolute atomic E-state index is 0.0738. The number of hydrogen-bond acceptors (Lipinski definition) is 3. The monoisotopic (exact) mass is 401 g/mol. The predicted molar refractivity (Wildman–Crippen MR) is 87.9 cm³/mol. The maximum atomic E-state index is 13.9. The standard InChI is InChI=1S/C19H13F6NO2/c1-11-7-12(5-6-13(11)10-27)16-9-17(28-26-16,19(23,24)25)14-3-2-4-15(8-14)18(20,21)22/h2-10,26H,1H3. The van der Waals surface area contributed by atoms with Crippen molar-refractivity contribution in [1.82, 2.24) is 5.48 Å². The third kappa shape index (κ3) is 3.37. The fourth-order valence-corrected chi connectivity index (χ4v) is 2.89. The molecule has 2 aromatic carbocycles. The first-order valence-corrected chi connectivity index (χ1v) is 7.95. The van der Waals surface area contributed by atoms with Crippen LogP contribution in [0.25, 0.3) is 5.70 Å². The van der Waals surface area contributed by atoms with E-state index in [0.717, 1.165) is 12.1 Å². The minimum atomic E-state index is -5.04. The second kappa shape index (κ2) is 6.66. The van der Waals surface area contributed by atoms with Crippen molar-refractivity contribution in [2.24, 2.45) is 0 Å². The fraction of sp³-hybridized carbons (Fsp3) is 0.211. The number of hydroxylamine groups is 1. The van der Waals surface area contributed by atoms with Gasteiger partial charge in [0.2, 0.25) is 5.60 Å². The molecule has 2 aromatic rings. The predicted octanol–water partition coefficient (Wildman–Crippen LogP) is 5.16. The van der Waals surface area contributed by atoms with Gasteiger partial charge in [-0.2, -0.15) is 26.3 Å². The Morgan fingerprint density at radius 2 is 1.75 bits per heavy atom. The lowest BCUT2D eigenvalue weighted by Crippen LogP contribution is -2.42. The van der Waals surface area contributed by atoms with Crippen LogP contribution in [0.1, 0.15) is 32.6 Å². The number of hydrogen-bond donors (Lipinski definition) is 1. The summed E-state index contributed by atoms with van der Waals surface area (Å²) in [6, 6.07) is 7.23. The lowest BCUT2D eigenvalue weighted by Gasteiger charge is -2.29. The van der Waals surface area contributed by atoms with Gasteiger partial charge in [0.15, 0.2) is 0 Å². The Morgan fingerprint density at radius 3 is 2.32 bits per heavy atom. The van der Waals surface area contributed by atoms with E-state index in [4.69, 9.17) is 4.84 Å². The van der Waals surface area contributed by atoms with Crippen molar-refractivity contribution in [3.63, 3.8) is 0 Å². The van der Waals surface area contributed by atoms with E-state index < -0.39 is 29.1 Å². The summed E-state index contributed by atoms with van der Waals surface area (Å²) >= 11 is 0. The average molecular weight is 401 g/mol. The van der Waals surface area contributed by atoms with Crippen molar-refractivity contribution >= 4 is 12.0 Å². The summed E-state index contributed by atoms with van der Waals surface area (Å²) in [6.45, 7) is 1.60. The number of rotatable bonds is 3. The van der Waals surface area contributed by atoms with E-state index in [1.807, 2.05) is 0 Å². The third-order valence-corrected chi connectivity index (χ3v) is 4.42. The lowest BCUT2D eigenvalue weighted by molar-refractivity contribution is -0.269. The molecule has 0 saturated carbocycles. The smallest absolute Gasteiger partial charge is 0.298 e. The van der Waals surface area contributed by atoms with Crippen LogP contribution in [-0.2, 0) is 16.6 Å². The van der Waals surface area contributed by atoms with E-state index in [1.54, 1.807) is 6.92 Å². The van der Waals surface area contributed by atoms with Crippen LogP contribution in [0.2, 0.25) is 0 Å². The summed E-state index contributed by atoms with van der Waals surface area (Å²) in [5, 5.41) is 0. The molecule has 3 rings (SSSR count). The number of carbonyl (C=O) groups is 1. The minimum Gasteiger partial charge on any atom is -0.298 e. The molecular formula is C19H13F6NO2. The number of halogens is 6. The molecule has 1 unspecified atom stereocenters. The third-order valence-electron chi connectivity index (χ3n) is 4.42. The van der Waals surface area contributed by atoms with Crippen molar-refractivity contribution in [2.75, 3.05) is 0 Å². The fourth-order valence-electron chi connectivity index (χ4n) is 2.89. The van der Waals surface area contributed by atoms with Gasteiger partial charge in [-0.25, -0.2) is 0 Å².